The molecule has 5 heteroatoms. The van der Waals surface area contributed by atoms with Crippen LogP contribution in [0.3, 0.4) is 0 Å². The first-order valence-electron chi connectivity index (χ1n) is 15.2. The molecule has 0 saturated carbocycles. The van der Waals surface area contributed by atoms with Crippen molar-refractivity contribution < 1.29 is 8.83 Å². The second-order valence-corrected chi connectivity index (χ2v) is 12.5. The zero-order chi connectivity index (χ0) is 29.2. The van der Waals surface area contributed by atoms with Crippen molar-refractivity contribution in [3.05, 3.63) is 139 Å². The van der Waals surface area contributed by atoms with Crippen LogP contribution in [-0.2, 0) is 5.41 Å². The van der Waals surface area contributed by atoms with Gasteiger partial charge in [-0.15, -0.1) is 0 Å². The van der Waals surface area contributed by atoms with Crippen molar-refractivity contribution in [2.24, 2.45) is 0 Å². The van der Waals surface area contributed by atoms with Crippen LogP contribution in [0.1, 0.15) is 25.0 Å². The average Bonchev–Trinajstić information content (AvgIpc) is 3.71. The van der Waals surface area contributed by atoms with Crippen molar-refractivity contribution in [1.29, 1.82) is 0 Å². The molecule has 0 saturated heterocycles. The highest BCUT2D eigenvalue weighted by Crippen LogP contribution is 2.54. The van der Waals surface area contributed by atoms with E-state index in [1.807, 2.05) is 0 Å². The van der Waals surface area contributed by atoms with E-state index in [2.05, 4.69) is 151 Å². The number of benzene rings is 5. The molecule has 1 aliphatic carbocycles. The van der Waals surface area contributed by atoms with Gasteiger partial charge in [-0.25, -0.2) is 0 Å². The van der Waals surface area contributed by atoms with Crippen LogP contribution >= 0.6 is 0 Å². The minimum atomic E-state index is -0.249. The van der Waals surface area contributed by atoms with Crippen LogP contribution in [0.4, 0.5) is 34.3 Å². The molecule has 0 unspecified atom stereocenters. The molecule has 2 aliphatic heterocycles. The van der Waals surface area contributed by atoms with Crippen molar-refractivity contribution in [2.45, 2.75) is 19.3 Å². The lowest BCUT2D eigenvalue weighted by Gasteiger charge is -2.41. The second kappa shape index (κ2) is 8.36. The van der Waals surface area contributed by atoms with Gasteiger partial charge in [0.1, 0.15) is 11.3 Å². The Hall–Kier alpha value is -5.42. The lowest BCUT2D eigenvalue weighted by atomic mass is 9.35. The normalized spacial score (nSPS) is 15.1. The van der Waals surface area contributed by atoms with E-state index in [0.29, 0.717) is 0 Å². The Kier molecular flexibility index (Phi) is 4.57. The average molecular weight is 566 g/mol. The minimum absolute atomic E-state index is 0.139. The Morgan fingerprint density at radius 3 is 2.00 bits per heavy atom. The topological polar surface area (TPSA) is 32.8 Å². The Morgan fingerprint density at radius 1 is 0.591 bits per heavy atom. The molecule has 4 nitrogen and oxygen atoms in total. The first-order valence-corrected chi connectivity index (χ1v) is 15.2. The molecular weight excluding hydrogens is 539 g/mol. The van der Waals surface area contributed by atoms with Gasteiger partial charge in [-0.3, -0.25) is 4.90 Å². The third kappa shape index (κ3) is 2.89. The van der Waals surface area contributed by atoms with Gasteiger partial charge >= 0.3 is 6.71 Å². The van der Waals surface area contributed by atoms with E-state index in [1.54, 1.807) is 0 Å². The van der Waals surface area contributed by atoms with E-state index in [4.69, 9.17) is 8.83 Å². The van der Waals surface area contributed by atoms with Crippen molar-refractivity contribution in [3.8, 4) is 11.3 Å². The predicted octanol–water partition coefficient (Wildman–Crippen LogP) is 8.41. The molecule has 0 N–H and O–H groups in total. The molecule has 44 heavy (non-hydrogen) atoms. The maximum atomic E-state index is 7.10. The third-order valence-electron chi connectivity index (χ3n) is 9.83. The SMILES string of the molecule is CC1(C)c2ccccc2-c2oc3c(c21)B1c2oc4ccccc4c2N(c2ccccc2)c2cccc(c21)N3c1ccccc1. The highest BCUT2D eigenvalue weighted by atomic mass is 16.4. The summed E-state index contributed by atoms with van der Waals surface area (Å²) >= 11 is 0. The Morgan fingerprint density at radius 2 is 1.23 bits per heavy atom. The maximum absolute atomic E-state index is 7.10. The molecule has 0 spiro atoms. The molecule has 7 aromatic rings. The van der Waals surface area contributed by atoms with Gasteiger partial charge in [0, 0.05) is 50.1 Å². The molecule has 5 aromatic carbocycles. The largest absolute Gasteiger partial charge is 0.468 e. The number of furan rings is 2. The highest BCUT2D eigenvalue weighted by Gasteiger charge is 2.53. The number of hydrogen-bond acceptors (Lipinski definition) is 4. The molecule has 0 atom stereocenters. The zero-order valence-corrected chi connectivity index (χ0v) is 24.4. The van der Waals surface area contributed by atoms with Gasteiger partial charge in [0.05, 0.1) is 11.3 Å². The summed E-state index contributed by atoms with van der Waals surface area (Å²) in [7, 11) is 0. The van der Waals surface area contributed by atoms with Crippen molar-refractivity contribution >= 4 is 68.6 Å². The third-order valence-corrected chi connectivity index (χ3v) is 9.83. The quantitative estimate of drug-likeness (QED) is 0.197. The lowest BCUT2D eigenvalue weighted by Crippen LogP contribution is -2.61. The van der Waals surface area contributed by atoms with E-state index in [0.717, 1.165) is 56.7 Å². The smallest absolute Gasteiger partial charge is 0.301 e. The van der Waals surface area contributed by atoms with Gasteiger partial charge < -0.3 is 13.7 Å². The fourth-order valence-electron chi connectivity index (χ4n) is 8.06. The lowest BCUT2D eigenvalue weighted by molar-refractivity contribution is 0.585. The Balaban J connectivity index is 1.37. The summed E-state index contributed by atoms with van der Waals surface area (Å²) in [6.07, 6.45) is 0. The fraction of sp³-hybridized carbons (Fsp3) is 0.0769. The summed E-state index contributed by atoms with van der Waals surface area (Å²) in [5.41, 5.74) is 13.3. The number of hydrogen-bond donors (Lipinski definition) is 0. The summed E-state index contributed by atoms with van der Waals surface area (Å²) < 4.78 is 14.1. The first kappa shape index (κ1) is 24.1. The van der Waals surface area contributed by atoms with E-state index in [1.165, 1.54) is 27.6 Å². The number of rotatable bonds is 2. The summed E-state index contributed by atoms with van der Waals surface area (Å²) in [5.74, 6) is 1.84. The molecule has 2 aromatic heterocycles. The van der Waals surface area contributed by atoms with Gasteiger partial charge in [0.15, 0.2) is 0 Å². The molecule has 3 aliphatic rings. The summed E-state index contributed by atoms with van der Waals surface area (Å²) in [5, 5.41) is 1.11. The number of anilines is 6. The van der Waals surface area contributed by atoms with Crippen molar-refractivity contribution in [1.82, 2.24) is 0 Å². The number of para-hydroxylation sites is 3. The molecule has 10 rings (SSSR count). The Bertz CT molecular complexity index is 2280. The van der Waals surface area contributed by atoms with Crippen LogP contribution < -0.4 is 26.4 Å². The molecule has 0 radical (unpaired) electrons. The molecular formula is C39H27BN2O2. The van der Waals surface area contributed by atoms with Crippen LogP contribution in [-0.4, -0.2) is 6.71 Å². The summed E-state index contributed by atoms with van der Waals surface area (Å²) in [6.45, 7) is 4.53. The number of nitrogens with zero attached hydrogens (tertiary/aromatic N) is 2. The van der Waals surface area contributed by atoms with Crippen LogP contribution in [0, 0.1) is 0 Å². The van der Waals surface area contributed by atoms with E-state index in [9.17, 15) is 0 Å². The van der Waals surface area contributed by atoms with Crippen LogP contribution in [0.15, 0.2) is 136 Å². The van der Waals surface area contributed by atoms with Gasteiger partial charge in [-0.2, -0.15) is 0 Å². The van der Waals surface area contributed by atoms with Gasteiger partial charge in [0.25, 0.3) is 0 Å². The fourth-order valence-corrected chi connectivity index (χ4v) is 8.06. The van der Waals surface area contributed by atoms with Crippen molar-refractivity contribution in [3.63, 3.8) is 0 Å². The van der Waals surface area contributed by atoms with E-state index in [-0.39, 0.29) is 12.1 Å². The predicted molar refractivity (Wildman–Crippen MR) is 180 cm³/mol. The summed E-state index contributed by atoms with van der Waals surface area (Å²) in [4.78, 5) is 4.71. The molecule has 0 bridgehead atoms. The standard InChI is InChI=1S/C39H27BN2O2/c1-39(2)28-20-11-9-18-26(28)36-32(39)34-38(44-36)42(25-16-7-4-8-17-25)30-22-13-21-29-33(30)40(34)37-35(27-19-10-12-23-31(27)43-37)41(29)24-14-5-3-6-15-24/h3-23H,1-2H3. The monoisotopic (exact) mass is 566 g/mol. The van der Waals surface area contributed by atoms with E-state index < -0.39 is 0 Å². The highest BCUT2D eigenvalue weighted by molar-refractivity contribution is 7.00. The molecule has 0 fully saturated rings. The van der Waals surface area contributed by atoms with Crippen molar-refractivity contribution in [2.75, 3.05) is 9.80 Å². The Labute approximate surface area is 255 Å². The maximum Gasteiger partial charge on any atom is 0.301 e. The molecule has 4 heterocycles. The molecule has 0 amide bonds. The molecule has 208 valence electrons. The van der Waals surface area contributed by atoms with Gasteiger partial charge in [-0.05, 0) is 59.6 Å². The van der Waals surface area contributed by atoms with Gasteiger partial charge in [-0.1, -0.05) is 92.7 Å². The number of fused-ring (bicyclic) bond motifs is 10. The summed E-state index contributed by atoms with van der Waals surface area (Å²) in [6, 6.07) is 45.0. The minimum Gasteiger partial charge on any atom is -0.468 e. The van der Waals surface area contributed by atoms with E-state index >= 15 is 0 Å². The van der Waals surface area contributed by atoms with Gasteiger partial charge in [0.2, 0.25) is 5.88 Å². The van der Waals surface area contributed by atoms with Crippen LogP contribution in [0.25, 0.3) is 22.3 Å². The van der Waals surface area contributed by atoms with Crippen LogP contribution in [0.5, 0.6) is 0 Å². The first-order chi connectivity index (χ1) is 21.6. The van der Waals surface area contributed by atoms with Crippen LogP contribution in [0.2, 0.25) is 0 Å². The zero-order valence-electron chi connectivity index (χ0n) is 24.4. The second-order valence-electron chi connectivity index (χ2n) is 12.5.